The number of thiophene rings is 1. The molecule has 1 saturated heterocycles. The fourth-order valence-corrected chi connectivity index (χ4v) is 5.25. The van der Waals surface area contributed by atoms with Crippen molar-refractivity contribution >= 4 is 22.9 Å². The van der Waals surface area contributed by atoms with Crippen LogP contribution in [0, 0.1) is 0 Å². The predicted octanol–water partition coefficient (Wildman–Crippen LogP) is 4.69. The van der Waals surface area contributed by atoms with Crippen LogP contribution in [0.2, 0.25) is 0 Å². The minimum absolute atomic E-state index is 0.0146. The highest BCUT2D eigenvalue weighted by Gasteiger charge is 2.19. The molecule has 7 nitrogen and oxygen atoms in total. The summed E-state index contributed by atoms with van der Waals surface area (Å²) in [7, 11) is 3.52. The zero-order valence-electron chi connectivity index (χ0n) is 19.6. The summed E-state index contributed by atoms with van der Waals surface area (Å²) >= 11 is 1.44. The van der Waals surface area contributed by atoms with E-state index in [0.717, 1.165) is 40.2 Å². The van der Waals surface area contributed by atoms with Crippen molar-refractivity contribution < 1.29 is 9.53 Å². The third-order valence-electron chi connectivity index (χ3n) is 6.22. The molecule has 1 fully saturated rings. The van der Waals surface area contributed by atoms with Crippen LogP contribution in [0.25, 0.3) is 27.9 Å². The molecular weight excluding hydrogens is 446 g/mol. The van der Waals surface area contributed by atoms with Gasteiger partial charge in [-0.3, -0.25) is 9.69 Å². The van der Waals surface area contributed by atoms with Crippen molar-refractivity contribution in [3.05, 3.63) is 59.2 Å². The molecule has 0 spiro atoms. The van der Waals surface area contributed by atoms with Crippen LogP contribution in [0.4, 0.5) is 0 Å². The first-order valence-corrected chi connectivity index (χ1v) is 12.6. The van der Waals surface area contributed by atoms with Crippen molar-refractivity contribution in [2.24, 2.45) is 0 Å². The van der Waals surface area contributed by atoms with Crippen molar-refractivity contribution in [3.63, 3.8) is 0 Å². The van der Waals surface area contributed by atoms with Crippen molar-refractivity contribution in [1.82, 2.24) is 24.4 Å². The molecule has 4 aromatic rings. The molecule has 1 aliphatic heterocycles. The minimum atomic E-state index is -0.0146. The average Bonchev–Trinajstić information content (AvgIpc) is 3.51. The molecule has 0 saturated carbocycles. The fraction of sp³-hybridized carbons (Fsp3) is 0.346. The summed E-state index contributed by atoms with van der Waals surface area (Å²) in [6, 6.07) is 10.1. The molecule has 5 rings (SSSR count). The number of hydrogen-bond donors (Lipinski definition) is 0. The smallest absolute Gasteiger partial charge is 0.264 e. The number of piperidine rings is 1. The molecular formula is C26H29N5O2S. The predicted molar refractivity (Wildman–Crippen MR) is 136 cm³/mol. The summed E-state index contributed by atoms with van der Waals surface area (Å²) in [6.45, 7) is 4.07. The summed E-state index contributed by atoms with van der Waals surface area (Å²) in [5, 5.41) is 6.44. The maximum absolute atomic E-state index is 12.5. The van der Waals surface area contributed by atoms with Crippen LogP contribution in [-0.2, 0) is 0 Å². The van der Waals surface area contributed by atoms with Gasteiger partial charge in [0.25, 0.3) is 5.91 Å². The summed E-state index contributed by atoms with van der Waals surface area (Å²) in [5.41, 5.74) is 4.47. The van der Waals surface area contributed by atoms with Crippen LogP contribution in [0.15, 0.2) is 54.3 Å². The van der Waals surface area contributed by atoms with Crippen LogP contribution in [0.1, 0.15) is 28.9 Å². The number of carbonyl (C=O) groups is 1. The Morgan fingerprint density at radius 3 is 2.59 bits per heavy atom. The standard InChI is InChI=1S/C26H29N5O2S/c1-29(2)26(32)24-22(10-15-34-24)23-17-28-31-18-20(16-27-25(23)31)19-6-8-21(9-7-19)33-14-13-30-11-4-3-5-12-30/h6-10,15-18H,3-5,11-14H2,1-2H3. The van der Waals surface area contributed by atoms with E-state index in [9.17, 15) is 4.79 Å². The number of amides is 1. The number of fused-ring (bicyclic) bond motifs is 1. The van der Waals surface area contributed by atoms with Gasteiger partial charge in [0.15, 0.2) is 5.65 Å². The number of carbonyl (C=O) groups excluding carboxylic acids is 1. The topological polar surface area (TPSA) is 63.0 Å². The second kappa shape index (κ2) is 9.95. The van der Waals surface area contributed by atoms with Crippen molar-refractivity contribution in [2.45, 2.75) is 19.3 Å². The Labute approximate surface area is 203 Å². The largest absolute Gasteiger partial charge is 0.492 e. The number of hydrogen-bond acceptors (Lipinski definition) is 6. The van der Waals surface area contributed by atoms with Gasteiger partial charge in [0.05, 0.1) is 6.20 Å². The third kappa shape index (κ3) is 4.69. The lowest BCUT2D eigenvalue weighted by atomic mass is 10.1. The Morgan fingerprint density at radius 2 is 1.82 bits per heavy atom. The zero-order chi connectivity index (χ0) is 23.5. The van der Waals surface area contributed by atoms with E-state index in [1.165, 1.54) is 43.7 Å². The molecule has 0 atom stereocenters. The maximum atomic E-state index is 12.5. The number of nitrogens with zero attached hydrogens (tertiary/aromatic N) is 5. The van der Waals surface area contributed by atoms with Crippen molar-refractivity contribution in [3.8, 4) is 28.0 Å². The van der Waals surface area contributed by atoms with Crippen LogP contribution >= 0.6 is 11.3 Å². The van der Waals surface area contributed by atoms with Gasteiger partial charge in [-0.2, -0.15) is 5.10 Å². The monoisotopic (exact) mass is 475 g/mol. The molecule has 3 aromatic heterocycles. The molecule has 0 bridgehead atoms. The summed E-state index contributed by atoms with van der Waals surface area (Å²) in [5.74, 6) is 0.867. The Kier molecular flexibility index (Phi) is 6.60. The normalized spacial score (nSPS) is 14.4. The van der Waals surface area contributed by atoms with Gasteiger partial charge in [0, 0.05) is 49.7 Å². The molecule has 0 unspecified atom stereocenters. The van der Waals surface area contributed by atoms with Gasteiger partial charge >= 0.3 is 0 Å². The van der Waals surface area contributed by atoms with Crippen LogP contribution < -0.4 is 4.74 Å². The molecule has 176 valence electrons. The Hall–Kier alpha value is -3.23. The number of benzene rings is 1. The number of rotatable bonds is 7. The van der Waals surface area contributed by atoms with E-state index in [1.807, 2.05) is 36.0 Å². The number of likely N-dealkylation sites (tertiary alicyclic amines) is 1. The molecule has 4 heterocycles. The molecule has 1 amide bonds. The molecule has 1 aliphatic rings. The molecule has 0 aliphatic carbocycles. The SMILES string of the molecule is CN(C)C(=O)c1sccc1-c1cnn2cc(-c3ccc(OCCN4CCCCC4)cc3)cnc12. The number of aromatic nitrogens is 3. The lowest BCUT2D eigenvalue weighted by Gasteiger charge is -2.26. The van der Waals surface area contributed by atoms with Crippen LogP contribution in [0.3, 0.4) is 0 Å². The molecule has 8 heteroatoms. The minimum Gasteiger partial charge on any atom is -0.492 e. The molecule has 1 aromatic carbocycles. The van der Waals surface area contributed by atoms with Gasteiger partial charge < -0.3 is 9.64 Å². The maximum Gasteiger partial charge on any atom is 0.264 e. The van der Waals surface area contributed by atoms with Crippen molar-refractivity contribution in [1.29, 1.82) is 0 Å². The van der Waals surface area contributed by atoms with E-state index in [0.29, 0.717) is 11.5 Å². The van der Waals surface area contributed by atoms with E-state index < -0.39 is 0 Å². The van der Waals surface area contributed by atoms with Gasteiger partial charge in [-0.05, 0) is 55.1 Å². The zero-order valence-corrected chi connectivity index (χ0v) is 20.4. The van der Waals surface area contributed by atoms with Gasteiger partial charge in [-0.25, -0.2) is 9.50 Å². The van der Waals surface area contributed by atoms with E-state index in [4.69, 9.17) is 4.74 Å². The van der Waals surface area contributed by atoms with Gasteiger partial charge in [-0.15, -0.1) is 11.3 Å². The van der Waals surface area contributed by atoms with Gasteiger partial charge in [-0.1, -0.05) is 18.6 Å². The van der Waals surface area contributed by atoms with E-state index in [1.54, 1.807) is 29.7 Å². The first-order chi connectivity index (χ1) is 16.6. The average molecular weight is 476 g/mol. The summed E-state index contributed by atoms with van der Waals surface area (Å²) < 4.78 is 7.73. The Balaban J connectivity index is 1.30. The van der Waals surface area contributed by atoms with Gasteiger partial charge in [0.2, 0.25) is 0 Å². The fourth-order valence-electron chi connectivity index (χ4n) is 4.32. The molecule has 0 radical (unpaired) electrons. The van der Waals surface area contributed by atoms with E-state index >= 15 is 0 Å². The summed E-state index contributed by atoms with van der Waals surface area (Å²) in [4.78, 5) is 22.0. The first-order valence-electron chi connectivity index (χ1n) is 11.7. The summed E-state index contributed by atoms with van der Waals surface area (Å²) in [6.07, 6.45) is 9.55. The highest BCUT2D eigenvalue weighted by atomic mass is 32.1. The van der Waals surface area contributed by atoms with Crippen LogP contribution in [0.5, 0.6) is 5.75 Å². The lowest BCUT2D eigenvalue weighted by Crippen LogP contribution is -2.33. The number of ether oxygens (including phenoxy) is 1. The van der Waals surface area contributed by atoms with Crippen molar-refractivity contribution in [2.75, 3.05) is 40.3 Å². The van der Waals surface area contributed by atoms with Gasteiger partial charge in [0.1, 0.15) is 17.2 Å². The van der Waals surface area contributed by atoms with Crippen LogP contribution in [-0.4, -0.2) is 70.6 Å². The highest BCUT2D eigenvalue weighted by molar-refractivity contribution is 7.12. The highest BCUT2D eigenvalue weighted by Crippen LogP contribution is 2.32. The van der Waals surface area contributed by atoms with E-state index in [2.05, 4.69) is 27.1 Å². The quantitative estimate of drug-likeness (QED) is 0.388. The third-order valence-corrected chi connectivity index (χ3v) is 7.13. The lowest BCUT2D eigenvalue weighted by molar-refractivity contribution is 0.0833. The van der Waals surface area contributed by atoms with E-state index in [-0.39, 0.29) is 5.91 Å². The second-order valence-corrected chi connectivity index (χ2v) is 9.72. The second-order valence-electron chi connectivity index (χ2n) is 8.81. The first kappa shape index (κ1) is 22.6. The molecule has 34 heavy (non-hydrogen) atoms. The Morgan fingerprint density at radius 1 is 1.03 bits per heavy atom. The Bertz CT molecular complexity index is 1270. The molecule has 0 N–H and O–H groups in total.